The highest BCUT2D eigenvalue weighted by Crippen LogP contribution is 2.43. The third-order valence-corrected chi connectivity index (χ3v) is 4.07. The van der Waals surface area contributed by atoms with E-state index in [0.717, 1.165) is 11.0 Å². The van der Waals surface area contributed by atoms with Gasteiger partial charge in [-0.15, -0.1) is 0 Å². The number of aromatic hydroxyl groups is 2. The molecule has 3 aromatic heterocycles. The summed E-state index contributed by atoms with van der Waals surface area (Å²) in [7, 11) is 0. The molecule has 0 saturated carbocycles. The van der Waals surface area contributed by atoms with E-state index in [1.807, 2.05) is 0 Å². The third-order valence-electron chi connectivity index (χ3n) is 4.07. The Labute approximate surface area is 140 Å². The Bertz CT molecular complexity index is 1120. The number of hydrogen-bond donors (Lipinski definition) is 4. The number of aromatic amines is 1. The number of aromatic nitrogens is 3. The zero-order valence-corrected chi connectivity index (χ0v) is 13.0. The summed E-state index contributed by atoms with van der Waals surface area (Å²) in [6, 6.07) is 8.05. The predicted octanol–water partition coefficient (Wildman–Crippen LogP) is 3.03. The van der Waals surface area contributed by atoms with Crippen molar-refractivity contribution in [1.29, 1.82) is 0 Å². The molecule has 0 bridgehead atoms. The van der Waals surface area contributed by atoms with Gasteiger partial charge in [0.15, 0.2) is 11.5 Å². The van der Waals surface area contributed by atoms with Crippen LogP contribution in [0, 0.1) is 6.92 Å². The zero-order chi connectivity index (χ0) is 17.7. The van der Waals surface area contributed by atoms with Gasteiger partial charge in [0, 0.05) is 5.56 Å². The molecule has 0 saturated heterocycles. The summed E-state index contributed by atoms with van der Waals surface area (Å²) in [6.45, 7) is 1.61. The van der Waals surface area contributed by atoms with E-state index >= 15 is 0 Å². The summed E-state index contributed by atoms with van der Waals surface area (Å²) in [5.74, 6) is -1.87. The predicted molar refractivity (Wildman–Crippen MR) is 88.1 cm³/mol. The largest absolute Gasteiger partial charge is 0.503 e. The van der Waals surface area contributed by atoms with E-state index in [4.69, 9.17) is 9.52 Å². The van der Waals surface area contributed by atoms with E-state index in [0.29, 0.717) is 16.9 Å². The lowest BCUT2D eigenvalue weighted by Crippen LogP contribution is -1.97. The summed E-state index contributed by atoms with van der Waals surface area (Å²) >= 11 is 0. The number of H-pyrrole nitrogens is 1. The van der Waals surface area contributed by atoms with Crippen LogP contribution in [0.15, 0.2) is 41.1 Å². The summed E-state index contributed by atoms with van der Waals surface area (Å²) in [5.41, 5.74) is 2.79. The van der Waals surface area contributed by atoms with E-state index in [1.165, 1.54) is 16.7 Å². The van der Waals surface area contributed by atoms with Gasteiger partial charge in [-0.1, -0.05) is 0 Å². The Morgan fingerprint density at radius 2 is 2.04 bits per heavy atom. The molecule has 0 atom stereocenters. The molecule has 126 valence electrons. The van der Waals surface area contributed by atoms with Crippen molar-refractivity contribution in [1.82, 2.24) is 14.5 Å². The van der Waals surface area contributed by atoms with Crippen LogP contribution in [-0.2, 0) is 0 Å². The lowest BCUT2D eigenvalue weighted by Gasteiger charge is -2.09. The van der Waals surface area contributed by atoms with E-state index in [9.17, 15) is 15.0 Å². The molecule has 0 aliphatic carbocycles. The maximum absolute atomic E-state index is 11.1. The molecule has 4 N–H and O–H groups in total. The van der Waals surface area contributed by atoms with Crippen molar-refractivity contribution < 1.29 is 24.5 Å². The summed E-state index contributed by atoms with van der Waals surface area (Å²) in [4.78, 5) is 18.2. The quantitative estimate of drug-likeness (QED) is 0.455. The van der Waals surface area contributed by atoms with Crippen molar-refractivity contribution in [2.24, 2.45) is 0 Å². The number of nitrogens with zero attached hydrogens (tertiary/aromatic N) is 2. The van der Waals surface area contributed by atoms with Crippen LogP contribution >= 0.6 is 0 Å². The fraction of sp³-hybridized carbons (Fsp3) is 0.0588. The van der Waals surface area contributed by atoms with Crippen molar-refractivity contribution in [3.8, 4) is 28.8 Å². The SMILES string of the molecule is Cc1c(O)c(O)n(-c2ccc3nc[nH]c3c2)c1-c1ccc(C(=O)O)o1. The first-order chi connectivity index (χ1) is 12.0. The van der Waals surface area contributed by atoms with Crippen LogP contribution in [0.2, 0.25) is 0 Å². The van der Waals surface area contributed by atoms with Gasteiger partial charge >= 0.3 is 5.97 Å². The number of hydrogen-bond acceptors (Lipinski definition) is 5. The minimum atomic E-state index is -1.20. The Morgan fingerprint density at radius 1 is 1.24 bits per heavy atom. The number of benzene rings is 1. The van der Waals surface area contributed by atoms with E-state index < -0.39 is 5.97 Å². The Hall–Kier alpha value is -3.68. The van der Waals surface area contributed by atoms with E-state index in [-0.39, 0.29) is 23.1 Å². The fourth-order valence-corrected chi connectivity index (χ4v) is 2.85. The molecule has 8 heteroatoms. The van der Waals surface area contributed by atoms with Gasteiger partial charge in [-0.05, 0) is 37.3 Å². The number of nitrogens with one attached hydrogen (secondary N) is 1. The maximum atomic E-state index is 11.1. The lowest BCUT2D eigenvalue weighted by atomic mass is 10.2. The number of imidazole rings is 1. The van der Waals surface area contributed by atoms with Gasteiger partial charge in [0.05, 0.1) is 28.7 Å². The van der Waals surface area contributed by atoms with Crippen molar-refractivity contribution in [2.75, 3.05) is 0 Å². The Balaban J connectivity index is 1.98. The number of carbonyl (C=O) groups is 1. The number of furan rings is 1. The van der Waals surface area contributed by atoms with Crippen molar-refractivity contribution in [3.05, 3.63) is 48.0 Å². The van der Waals surface area contributed by atoms with Crippen LogP contribution < -0.4 is 0 Å². The lowest BCUT2D eigenvalue weighted by molar-refractivity contribution is 0.0663. The standard InChI is InChI=1S/C17H13N3O5/c1-8-14(12-4-5-13(25-12)17(23)24)20(16(22)15(8)21)9-2-3-10-11(6-9)19-7-18-10/h2-7,21-22H,1H3,(H,18,19)(H,23,24). The molecule has 0 aliphatic rings. The zero-order valence-electron chi connectivity index (χ0n) is 13.0. The minimum Gasteiger partial charge on any atom is -0.503 e. The number of aromatic carboxylic acids is 1. The smallest absolute Gasteiger partial charge is 0.371 e. The molecule has 4 rings (SSSR count). The van der Waals surface area contributed by atoms with Crippen molar-refractivity contribution in [2.45, 2.75) is 6.92 Å². The monoisotopic (exact) mass is 339 g/mol. The molecule has 0 unspecified atom stereocenters. The normalized spacial score (nSPS) is 11.2. The minimum absolute atomic E-state index is 0.218. The van der Waals surface area contributed by atoms with Gasteiger partial charge < -0.3 is 24.7 Å². The molecule has 0 amide bonds. The van der Waals surface area contributed by atoms with E-state index in [1.54, 1.807) is 31.5 Å². The van der Waals surface area contributed by atoms with Crippen LogP contribution in [-0.4, -0.2) is 35.8 Å². The van der Waals surface area contributed by atoms with Crippen LogP contribution in [0.25, 0.3) is 28.2 Å². The number of carboxylic acids is 1. The van der Waals surface area contributed by atoms with Gasteiger partial charge in [0.1, 0.15) is 0 Å². The average Bonchev–Trinajstić information content (AvgIpc) is 3.29. The van der Waals surface area contributed by atoms with Crippen LogP contribution in [0.1, 0.15) is 16.1 Å². The second-order valence-electron chi connectivity index (χ2n) is 5.55. The van der Waals surface area contributed by atoms with Gasteiger partial charge in [-0.3, -0.25) is 4.57 Å². The molecule has 0 aliphatic heterocycles. The second-order valence-corrected chi connectivity index (χ2v) is 5.55. The average molecular weight is 339 g/mol. The first-order valence-corrected chi connectivity index (χ1v) is 7.37. The number of fused-ring (bicyclic) bond motifs is 1. The van der Waals surface area contributed by atoms with Crippen LogP contribution in [0.4, 0.5) is 0 Å². The van der Waals surface area contributed by atoms with Gasteiger partial charge in [-0.25, -0.2) is 9.78 Å². The first-order valence-electron chi connectivity index (χ1n) is 7.37. The summed E-state index contributed by atoms with van der Waals surface area (Å²) in [5, 5.41) is 29.6. The molecule has 3 heterocycles. The number of rotatable bonds is 3. The first kappa shape index (κ1) is 14.9. The molecule has 0 fully saturated rings. The van der Waals surface area contributed by atoms with Crippen molar-refractivity contribution in [3.63, 3.8) is 0 Å². The molecule has 4 aromatic rings. The van der Waals surface area contributed by atoms with Crippen LogP contribution in [0.3, 0.4) is 0 Å². The van der Waals surface area contributed by atoms with Gasteiger partial charge in [0.2, 0.25) is 11.6 Å². The van der Waals surface area contributed by atoms with Crippen molar-refractivity contribution >= 4 is 17.0 Å². The van der Waals surface area contributed by atoms with Gasteiger partial charge in [-0.2, -0.15) is 0 Å². The Morgan fingerprint density at radius 3 is 2.76 bits per heavy atom. The maximum Gasteiger partial charge on any atom is 0.371 e. The highest BCUT2D eigenvalue weighted by molar-refractivity contribution is 5.85. The third kappa shape index (κ3) is 2.15. The fourth-order valence-electron chi connectivity index (χ4n) is 2.85. The van der Waals surface area contributed by atoms with Crippen LogP contribution in [0.5, 0.6) is 11.6 Å². The molecule has 0 radical (unpaired) electrons. The summed E-state index contributed by atoms with van der Waals surface area (Å²) in [6.07, 6.45) is 1.55. The highest BCUT2D eigenvalue weighted by Gasteiger charge is 2.25. The molecule has 25 heavy (non-hydrogen) atoms. The van der Waals surface area contributed by atoms with E-state index in [2.05, 4.69) is 9.97 Å². The van der Waals surface area contributed by atoms with Gasteiger partial charge in [0.25, 0.3) is 0 Å². The molecule has 0 spiro atoms. The molecular formula is C17H13N3O5. The number of carboxylic acid groups (broad SMARTS) is 1. The molecule has 1 aromatic carbocycles. The molecular weight excluding hydrogens is 326 g/mol. The summed E-state index contributed by atoms with van der Waals surface area (Å²) < 4.78 is 6.75. The second kappa shape index (κ2) is 5.17. The topological polar surface area (TPSA) is 125 Å². The molecule has 8 nitrogen and oxygen atoms in total. The highest BCUT2D eigenvalue weighted by atomic mass is 16.4. The Kier molecular flexibility index (Phi) is 3.08.